The lowest BCUT2D eigenvalue weighted by Crippen LogP contribution is -2.66. The quantitative estimate of drug-likeness (QED) is 0.247. The van der Waals surface area contributed by atoms with E-state index in [1.165, 1.54) is 0 Å². The van der Waals surface area contributed by atoms with Crippen molar-refractivity contribution in [1.82, 2.24) is 5.32 Å². The van der Waals surface area contributed by atoms with Crippen LogP contribution in [-0.4, -0.2) is 73.8 Å². The molecule has 0 spiro atoms. The molecule has 0 saturated carbocycles. The van der Waals surface area contributed by atoms with E-state index in [4.69, 9.17) is 20.1 Å². The van der Waals surface area contributed by atoms with Crippen LogP contribution in [0.5, 0.6) is 0 Å². The second-order valence-corrected chi connectivity index (χ2v) is 3.92. The maximum atomic E-state index is 9.59. The van der Waals surface area contributed by atoms with Crippen LogP contribution in [0.15, 0.2) is 0 Å². The van der Waals surface area contributed by atoms with Gasteiger partial charge in [0.15, 0.2) is 6.29 Å². The van der Waals surface area contributed by atoms with Gasteiger partial charge in [-0.15, -0.1) is 0 Å². The highest BCUT2D eigenvalue weighted by atomic mass is 16.6. The molecule has 16 heavy (non-hydrogen) atoms. The molecule has 8 nitrogen and oxygen atoms in total. The molecule has 1 fully saturated rings. The van der Waals surface area contributed by atoms with Gasteiger partial charge < -0.3 is 35.4 Å². The van der Waals surface area contributed by atoms with E-state index in [-0.39, 0.29) is 0 Å². The van der Waals surface area contributed by atoms with Gasteiger partial charge >= 0.3 is 0 Å². The standard InChI is InChI=1S/C8H17NO7/c1-8(14,15)9-4-6(12)5(11)3(2-10)16-7(4)13/h3-7,9-15H,2H2,1H3/t3?,4?,5-,6+,7-/m1/s1. The Labute approximate surface area is 91.7 Å². The SMILES string of the molecule is CC(O)(O)NC1[C@H](O)OC(CO)[C@@H](O)[C@H]1O. The Morgan fingerprint density at radius 1 is 1.19 bits per heavy atom. The molecule has 1 heterocycles. The van der Waals surface area contributed by atoms with Crippen molar-refractivity contribution < 1.29 is 35.4 Å². The molecule has 1 saturated heterocycles. The molecule has 96 valence electrons. The van der Waals surface area contributed by atoms with E-state index < -0.39 is 43.2 Å². The molecule has 1 aliphatic rings. The maximum absolute atomic E-state index is 9.59. The van der Waals surface area contributed by atoms with E-state index in [1.807, 2.05) is 0 Å². The minimum absolute atomic E-state index is 0.572. The minimum atomic E-state index is -2.33. The molecule has 0 bridgehead atoms. The third-order valence-electron chi connectivity index (χ3n) is 2.34. The Balaban J connectivity index is 2.72. The summed E-state index contributed by atoms with van der Waals surface area (Å²) in [6.45, 7) is 0.411. The van der Waals surface area contributed by atoms with Crippen LogP contribution in [0.3, 0.4) is 0 Å². The van der Waals surface area contributed by atoms with Gasteiger partial charge in [0.1, 0.15) is 18.3 Å². The molecule has 1 rings (SSSR count). The summed E-state index contributed by atoms with van der Waals surface area (Å²) in [5.74, 6) is -2.33. The molecule has 0 amide bonds. The van der Waals surface area contributed by atoms with Gasteiger partial charge in [0.25, 0.3) is 0 Å². The largest absolute Gasteiger partial charge is 0.394 e. The second-order valence-electron chi connectivity index (χ2n) is 3.92. The first-order valence-corrected chi connectivity index (χ1v) is 4.79. The van der Waals surface area contributed by atoms with Gasteiger partial charge in [-0.1, -0.05) is 0 Å². The van der Waals surface area contributed by atoms with Crippen molar-refractivity contribution >= 4 is 0 Å². The van der Waals surface area contributed by atoms with E-state index in [0.29, 0.717) is 0 Å². The van der Waals surface area contributed by atoms with Gasteiger partial charge in [-0.05, 0) is 0 Å². The lowest BCUT2D eigenvalue weighted by atomic mass is 9.97. The van der Waals surface area contributed by atoms with Crippen LogP contribution < -0.4 is 5.32 Å². The summed E-state index contributed by atoms with van der Waals surface area (Å²) in [4.78, 5) is 0. The van der Waals surface area contributed by atoms with Gasteiger partial charge in [0, 0.05) is 6.92 Å². The van der Waals surface area contributed by atoms with Crippen molar-refractivity contribution in [3.05, 3.63) is 0 Å². The average molecular weight is 239 g/mol. The van der Waals surface area contributed by atoms with Crippen LogP contribution in [0, 0.1) is 0 Å². The van der Waals surface area contributed by atoms with Crippen LogP contribution in [-0.2, 0) is 4.74 Å². The molecule has 5 atom stereocenters. The second kappa shape index (κ2) is 4.90. The van der Waals surface area contributed by atoms with Crippen molar-refractivity contribution in [3.63, 3.8) is 0 Å². The van der Waals surface area contributed by atoms with Crippen LogP contribution >= 0.6 is 0 Å². The zero-order valence-electron chi connectivity index (χ0n) is 8.69. The molecule has 8 heteroatoms. The lowest BCUT2D eigenvalue weighted by molar-refractivity contribution is -0.277. The Morgan fingerprint density at radius 3 is 2.19 bits per heavy atom. The van der Waals surface area contributed by atoms with Crippen LogP contribution in [0.4, 0.5) is 0 Å². The fraction of sp³-hybridized carbons (Fsp3) is 1.00. The molecular weight excluding hydrogens is 222 g/mol. The summed E-state index contributed by atoms with van der Waals surface area (Å²) < 4.78 is 4.79. The van der Waals surface area contributed by atoms with Crippen molar-refractivity contribution in [1.29, 1.82) is 0 Å². The van der Waals surface area contributed by atoms with Gasteiger partial charge in [-0.3, -0.25) is 5.32 Å². The number of rotatable bonds is 3. The summed E-state index contributed by atoms with van der Waals surface area (Å²) >= 11 is 0. The number of ether oxygens (including phenoxy) is 1. The average Bonchev–Trinajstić information content (AvgIpc) is 2.17. The number of nitrogens with one attached hydrogen (secondary N) is 1. The topological polar surface area (TPSA) is 143 Å². The zero-order chi connectivity index (χ0) is 12.5. The lowest BCUT2D eigenvalue weighted by Gasteiger charge is -2.42. The fourth-order valence-corrected chi connectivity index (χ4v) is 1.57. The van der Waals surface area contributed by atoms with Crippen molar-refractivity contribution in [3.8, 4) is 0 Å². The predicted octanol–water partition coefficient (Wildman–Crippen LogP) is -3.97. The molecule has 0 radical (unpaired) electrons. The van der Waals surface area contributed by atoms with Crippen LogP contribution in [0.2, 0.25) is 0 Å². The molecule has 0 aromatic rings. The fourth-order valence-electron chi connectivity index (χ4n) is 1.57. The molecular formula is C8H17NO7. The first-order chi connectivity index (χ1) is 7.26. The molecule has 2 unspecified atom stereocenters. The zero-order valence-corrected chi connectivity index (χ0v) is 8.69. The molecule has 7 N–H and O–H groups in total. The third kappa shape index (κ3) is 3.09. The van der Waals surface area contributed by atoms with E-state index >= 15 is 0 Å². The maximum Gasteiger partial charge on any atom is 0.219 e. The summed E-state index contributed by atoms with van der Waals surface area (Å²) in [6, 6.07) is -1.28. The summed E-state index contributed by atoms with van der Waals surface area (Å²) in [5.41, 5.74) is 0. The number of aliphatic hydroxyl groups is 6. The smallest absolute Gasteiger partial charge is 0.219 e. The first-order valence-electron chi connectivity index (χ1n) is 4.79. The summed E-state index contributed by atoms with van der Waals surface area (Å²) in [6.07, 6.45) is -5.63. The number of hydrogen-bond donors (Lipinski definition) is 7. The van der Waals surface area contributed by atoms with Crippen molar-refractivity contribution in [2.45, 2.75) is 43.5 Å². The first kappa shape index (κ1) is 13.7. The van der Waals surface area contributed by atoms with E-state index in [9.17, 15) is 15.3 Å². The number of aliphatic hydroxyl groups excluding tert-OH is 4. The highest BCUT2D eigenvalue weighted by molar-refractivity contribution is 4.93. The van der Waals surface area contributed by atoms with Gasteiger partial charge in [0.2, 0.25) is 5.91 Å². The number of hydrogen-bond acceptors (Lipinski definition) is 8. The minimum Gasteiger partial charge on any atom is -0.394 e. The van der Waals surface area contributed by atoms with Crippen molar-refractivity contribution in [2.24, 2.45) is 0 Å². The van der Waals surface area contributed by atoms with Gasteiger partial charge in [-0.25, -0.2) is 0 Å². The monoisotopic (exact) mass is 239 g/mol. The van der Waals surface area contributed by atoms with E-state index in [1.54, 1.807) is 0 Å². The highest BCUT2D eigenvalue weighted by Crippen LogP contribution is 2.20. The Hall–Kier alpha value is -0.320. The Kier molecular flexibility index (Phi) is 4.21. The molecule has 0 aromatic heterocycles. The third-order valence-corrected chi connectivity index (χ3v) is 2.34. The van der Waals surface area contributed by atoms with Crippen molar-refractivity contribution in [2.75, 3.05) is 6.61 Å². The summed E-state index contributed by atoms with van der Waals surface area (Å²) in [7, 11) is 0. The predicted molar refractivity (Wildman–Crippen MR) is 49.7 cm³/mol. The van der Waals surface area contributed by atoms with E-state index in [2.05, 4.69) is 5.32 Å². The van der Waals surface area contributed by atoms with E-state index in [0.717, 1.165) is 6.92 Å². The Bertz CT molecular complexity index is 231. The highest BCUT2D eigenvalue weighted by Gasteiger charge is 2.45. The molecule has 0 aromatic carbocycles. The summed E-state index contributed by atoms with van der Waals surface area (Å²) in [5, 5.41) is 57.5. The van der Waals surface area contributed by atoms with Gasteiger partial charge in [0.05, 0.1) is 12.6 Å². The van der Waals surface area contributed by atoms with Gasteiger partial charge in [-0.2, -0.15) is 0 Å². The normalized spacial score (nSPS) is 41.1. The van der Waals surface area contributed by atoms with Crippen LogP contribution in [0.1, 0.15) is 6.92 Å². The Morgan fingerprint density at radius 2 is 1.75 bits per heavy atom. The molecule has 0 aliphatic carbocycles. The van der Waals surface area contributed by atoms with Crippen LogP contribution in [0.25, 0.3) is 0 Å². The molecule has 1 aliphatic heterocycles.